The van der Waals surface area contributed by atoms with Gasteiger partial charge in [0.25, 0.3) is 5.91 Å². The molecule has 2 N–H and O–H groups in total. The Morgan fingerprint density at radius 3 is 2.63 bits per heavy atom. The van der Waals surface area contributed by atoms with Crippen molar-refractivity contribution in [3.8, 4) is 0 Å². The fourth-order valence-electron chi connectivity index (χ4n) is 4.02. The Bertz CT molecular complexity index is 920. The van der Waals surface area contributed by atoms with Crippen LogP contribution in [0.5, 0.6) is 0 Å². The number of fused-ring (bicyclic) bond motifs is 1. The minimum absolute atomic E-state index is 0.0108. The largest absolute Gasteiger partial charge is 0.366 e. The number of unbranched alkanes of at least 4 members (excludes halogenated alkanes) is 2. The van der Waals surface area contributed by atoms with Crippen LogP contribution in [0.1, 0.15) is 66.9 Å². The van der Waals surface area contributed by atoms with Crippen molar-refractivity contribution in [2.45, 2.75) is 64.5 Å². The summed E-state index contributed by atoms with van der Waals surface area (Å²) < 4.78 is 0. The highest BCUT2D eigenvalue weighted by atomic mass is 16.2. The number of hydrogen-bond acceptors (Lipinski definition) is 3. The summed E-state index contributed by atoms with van der Waals surface area (Å²) in [5.74, 6) is -0.0370. The summed E-state index contributed by atoms with van der Waals surface area (Å²) in [6.45, 7) is 3.80. The van der Waals surface area contributed by atoms with E-state index in [1.165, 1.54) is 11.1 Å². The molecule has 1 aliphatic carbocycles. The van der Waals surface area contributed by atoms with Gasteiger partial charge in [0.05, 0.1) is 5.56 Å². The molecule has 0 aromatic heterocycles. The maximum Gasteiger partial charge on any atom is 0.253 e. The van der Waals surface area contributed by atoms with Crippen LogP contribution >= 0.6 is 0 Å². The lowest BCUT2D eigenvalue weighted by molar-refractivity contribution is -0.116. The highest BCUT2D eigenvalue weighted by Crippen LogP contribution is 2.30. The summed E-state index contributed by atoms with van der Waals surface area (Å²) in [6.07, 6.45) is 6.61. The second-order valence-corrected chi connectivity index (χ2v) is 8.43. The normalized spacial score (nSPS) is 15.4. The average Bonchev–Trinajstić information content (AvgIpc) is 3.57. The molecule has 2 aromatic carbocycles. The monoisotopic (exact) mass is 405 g/mol. The zero-order chi connectivity index (χ0) is 20.9. The molecular formula is C25H31N3O2. The van der Waals surface area contributed by atoms with Crippen molar-refractivity contribution >= 4 is 23.2 Å². The maximum absolute atomic E-state index is 13.0. The van der Waals surface area contributed by atoms with E-state index in [4.69, 9.17) is 0 Å². The third kappa shape index (κ3) is 5.02. The van der Waals surface area contributed by atoms with E-state index < -0.39 is 0 Å². The Hall–Kier alpha value is -2.82. The summed E-state index contributed by atoms with van der Waals surface area (Å²) >= 11 is 0. The molecule has 30 heavy (non-hydrogen) atoms. The molecule has 158 valence electrons. The molecule has 0 spiro atoms. The number of nitrogens with zero attached hydrogens (tertiary/aromatic N) is 1. The number of carbonyl (C=O) groups is 2. The van der Waals surface area contributed by atoms with Crippen LogP contribution in [0.25, 0.3) is 0 Å². The van der Waals surface area contributed by atoms with Gasteiger partial charge in [0, 0.05) is 36.9 Å². The van der Waals surface area contributed by atoms with Gasteiger partial charge in [-0.3, -0.25) is 9.59 Å². The summed E-state index contributed by atoms with van der Waals surface area (Å²) in [5.41, 5.74) is 4.97. The van der Waals surface area contributed by atoms with Gasteiger partial charge < -0.3 is 15.5 Å². The van der Waals surface area contributed by atoms with Crippen molar-refractivity contribution in [3.05, 3.63) is 59.2 Å². The molecule has 1 heterocycles. The Morgan fingerprint density at radius 1 is 1.07 bits per heavy atom. The van der Waals surface area contributed by atoms with Gasteiger partial charge >= 0.3 is 0 Å². The van der Waals surface area contributed by atoms with E-state index in [0.29, 0.717) is 23.7 Å². The van der Waals surface area contributed by atoms with Crippen molar-refractivity contribution in [1.29, 1.82) is 0 Å². The fraction of sp³-hybridized carbons (Fsp3) is 0.440. The molecule has 2 aliphatic rings. The molecule has 0 radical (unpaired) electrons. The van der Waals surface area contributed by atoms with Crippen molar-refractivity contribution in [2.24, 2.45) is 0 Å². The average molecular weight is 406 g/mol. The van der Waals surface area contributed by atoms with Crippen LogP contribution in [0.4, 0.5) is 11.4 Å². The molecule has 4 rings (SSSR count). The lowest BCUT2D eigenvalue weighted by Gasteiger charge is -2.32. The highest BCUT2D eigenvalue weighted by Gasteiger charge is 2.27. The molecule has 2 amide bonds. The van der Waals surface area contributed by atoms with Crippen LogP contribution in [-0.2, 0) is 17.8 Å². The fourth-order valence-corrected chi connectivity index (χ4v) is 4.02. The Kier molecular flexibility index (Phi) is 6.36. The van der Waals surface area contributed by atoms with Crippen LogP contribution in [0.3, 0.4) is 0 Å². The number of hydrogen-bond donors (Lipinski definition) is 2. The first-order chi connectivity index (χ1) is 14.6. The number of nitrogens with one attached hydrogen (secondary N) is 2. The summed E-state index contributed by atoms with van der Waals surface area (Å²) in [6, 6.07) is 14.5. The van der Waals surface area contributed by atoms with Gasteiger partial charge in [-0.05, 0) is 55.0 Å². The summed E-state index contributed by atoms with van der Waals surface area (Å²) in [7, 11) is 0. The van der Waals surface area contributed by atoms with Crippen molar-refractivity contribution < 1.29 is 9.59 Å². The van der Waals surface area contributed by atoms with E-state index in [9.17, 15) is 9.59 Å². The van der Waals surface area contributed by atoms with E-state index in [2.05, 4.69) is 46.7 Å². The van der Waals surface area contributed by atoms with Crippen molar-refractivity contribution in [2.75, 3.05) is 16.8 Å². The molecule has 1 aliphatic heterocycles. The summed E-state index contributed by atoms with van der Waals surface area (Å²) in [5, 5.41) is 6.09. The molecule has 0 saturated heterocycles. The van der Waals surface area contributed by atoms with Crippen molar-refractivity contribution in [1.82, 2.24) is 5.32 Å². The van der Waals surface area contributed by atoms with E-state index in [0.717, 1.165) is 57.3 Å². The van der Waals surface area contributed by atoms with E-state index in [1.54, 1.807) is 0 Å². The smallest absolute Gasteiger partial charge is 0.253 e. The van der Waals surface area contributed by atoms with Gasteiger partial charge in [0.15, 0.2) is 0 Å². The summed E-state index contributed by atoms with van der Waals surface area (Å²) in [4.78, 5) is 27.5. The SMILES string of the molecule is CCCCCC(=O)Nc1ccc(N2CCc3ccccc3C2)c(C(=O)NC2CC2)c1. The minimum Gasteiger partial charge on any atom is -0.366 e. The van der Waals surface area contributed by atoms with Crippen LogP contribution in [0.15, 0.2) is 42.5 Å². The van der Waals surface area contributed by atoms with Gasteiger partial charge in [-0.1, -0.05) is 44.0 Å². The highest BCUT2D eigenvalue weighted by molar-refractivity contribution is 6.02. The van der Waals surface area contributed by atoms with Crippen LogP contribution in [0, 0.1) is 0 Å². The van der Waals surface area contributed by atoms with Crippen LogP contribution in [-0.4, -0.2) is 24.4 Å². The van der Waals surface area contributed by atoms with Gasteiger partial charge in [-0.25, -0.2) is 0 Å². The molecule has 0 atom stereocenters. The van der Waals surface area contributed by atoms with Crippen molar-refractivity contribution in [3.63, 3.8) is 0 Å². The number of rotatable bonds is 8. The quantitative estimate of drug-likeness (QED) is 0.628. The standard InChI is InChI=1S/C25H31N3O2/c1-2-3-4-9-24(29)26-21-12-13-23(22(16-21)25(30)27-20-10-11-20)28-15-14-18-7-5-6-8-19(18)17-28/h5-8,12-13,16,20H,2-4,9-11,14-15,17H2,1H3,(H,26,29)(H,27,30). The molecule has 1 saturated carbocycles. The number of anilines is 2. The van der Waals surface area contributed by atoms with Crippen LogP contribution in [0.2, 0.25) is 0 Å². The first-order valence-corrected chi connectivity index (χ1v) is 11.2. The van der Waals surface area contributed by atoms with Gasteiger partial charge in [0.2, 0.25) is 5.91 Å². The predicted octanol–water partition coefficient (Wildman–Crippen LogP) is 4.66. The van der Waals surface area contributed by atoms with E-state index >= 15 is 0 Å². The first-order valence-electron chi connectivity index (χ1n) is 11.2. The van der Waals surface area contributed by atoms with Gasteiger partial charge in [-0.2, -0.15) is 0 Å². The Morgan fingerprint density at radius 2 is 1.87 bits per heavy atom. The lowest BCUT2D eigenvalue weighted by atomic mass is 9.98. The van der Waals surface area contributed by atoms with Crippen LogP contribution < -0.4 is 15.5 Å². The molecular weight excluding hydrogens is 374 g/mol. The van der Waals surface area contributed by atoms with Gasteiger partial charge in [0.1, 0.15) is 0 Å². The zero-order valence-electron chi connectivity index (χ0n) is 17.7. The Labute approximate surface area is 178 Å². The van der Waals surface area contributed by atoms with E-state index in [-0.39, 0.29) is 11.8 Å². The lowest BCUT2D eigenvalue weighted by Crippen LogP contribution is -2.33. The third-order valence-corrected chi connectivity index (χ3v) is 5.92. The Balaban J connectivity index is 1.55. The first kappa shape index (κ1) is 20.5. The minimum atomic E-state index is -0.0477. The maximum atomic E-state index is 13.0. The van der Waals surface area contributed by atoms with Gasteiger partial charge in [-0.15, -0.1) is 0 Å². The topological polar surface area (TPSA) is 61.4 Å². The molecule has 1 fully saturated rings. The molecule has 5 nitrogen and oxygen atoms in total. The molecule has 5 heteroatoms. The van der Waals surface area contributed by atoms with E-state index in [1.807, 2.05) is 18.2 Å². The molecule has 0 unspecified atom stereocenters. The second-order valence-electron chi connectivity index (χ2n) is 8.43. The second kappa shape index (κ2) is 9.33. The third-order valence-electron chi connectivity index (χ3n) is 5.92. The molecule has 0 bridgehead atoms. The zero-order valence-corrected chi connectivity index (χ0v) is 17.7. The number of amides is 2. The number of benzene rings is 2. The number of carbonyl (C=O) groups excluding carboxylic acids is 2. The molecule has 2 aromatic rings. The predicted molar refractivity (Wildman–Crippen MR) is 121 cm³/mol.